The van der Waals surface area contributed by atoms with Crippen LogP contribution in [0.1, 0.15) is 35.7 Å². The van der Waals surface area contributed by atoms with E-state index in [1.54, 1.807) is 0 Å². The van der Waals surface area contributed by atoms with E-state index in [4.69, 9.17) is 9.47 Å². The van der Waals surface area contributed by atoms with Crippen molar-refractivity contribution in [3.8, 4) is 11.5 Å². The van der Waals surface area contributed by atoms with Gasteiger partial charge in [-0.15, -0.1) is 0 Å². The molecular weight excluding hydrogens is 292 g/mol. The van der Waals surface area contributed by atoms with Gasteiger partial charge in [-0.05, 0) is 31.0 Å². The standard InChI is InChI=1S/C15H16O7/c1-15(10-2-3-11(18)21-10)14(20)13(19)12-8(17)4-7(6-16)5-9(12)22-15/h4-5,10,14,16-17,20H,2-3,6H2,1H3/t10?,14-,15+/m1/s1. The fourth-order valence-electron chi connectivity index (χ4n) is 2.94. The summed E-state index contributed by atoms with van der Waals surface area (Å²) in [5.74, 6) is -1.42. The Morgan fingerprint density at radius 3 is 2.68 bits per heavy atom. The zero-order chi connectivity index (χ0) is 16.1. The third-order valence-corrected chi connectivity index (χ3v) is 4.21. The molecule has 3 atom stereocenters. The molecule has 3 rings (SSSR count). The Labute approximate surface area is 126 Å². The smallest absolute Gasteiger partial charge is 0.306 e. The second-order valence-electron chi connectivity index (χ2n) is 5.72. The van der Waals surface area contributed by atoms with Crippen molar-refractivity contribution in [3.63, 3.8) is 0 Å². The van der Waals surface area contributed by atoms with Gasteiger partial charge in [0.25, 0.3) is 0 Å². The lowest BCUT2D eigenvalue weighted by Crippen LogP contribution is -2.59. The van der Waals surface area contributed by atoms with E-state index in [0.29, 0.717) is 12.0 Å². The molecule has 2 heterocycles. The molecule has 0 aromatic heterocycles. The van der Waals surface area contributed by atoms with Crippen molar-refractivity contribution in [3.05, 3.63) is 23.3 Å². The average molecular weight is 308 g/mol. The van der Waals surface area contributed by atoms with Gasteiger partial charge >= 0.3 is 5.97 Å². The Balaban J connectivity index is 2.06. The van der Waals surface area contributed by atoms with E-state index in [1.807, 2.05) is 0 Å². The first-order chi connectivity index (χ1) is 10.4. The molecule has 2 aliphatic heterocycles. The first-order valence-electron chi connectivity index (χ1n) is 6.94. The summed E-state index contributed by atoms with van der Waals surface area (Å²) >= 11 is 0. The summed E-state index contributed by atoms with van der Waals surface area (Å²) in [6.45, 7) is 1.15. The molecule has 0 radical (unpaired) electrons. The van der Waals surface area contributed by atoms with Gasteiger partial charge in [0, 0.05) is 6.42 Å². The summed E-state index contributed by atoms with van der Waals surface area (Å²) in [7, 11) is 0. The molecule has 1 aromatic carbocycles. The summed E-state index contributed by atoms with van der Waals surface area (Å²) in [5.41, 5.74) is -1.20. The number of hydrogen-bond donors (Lipinski definition) is 3. The van der Waals surface area contributed by atoms with E-state index in [1.165, 1.54) is 19.1 Å². The number of hydrogen-bond acceptors (Lipinski definition) is 7. The largest absolute Gasteiger partial charge is 0.507 e. The van der Waals surface area contributed by atoms with Crippen molar-refractivity contribution < 1.29 is 34.4 Å². The number of aliphatic hydroxyl groups excluding tert-OH is 2. The van der Waals surface area contributed by atoms with Crippen molar-refractivity contribution in [2.24, 2.45) is 0 Å². The number of Topliss-reactive ketones (excluding diaryl/α,β-unsaturated/α-hetero) is 1. The van der Waals surface area contributed by atoms with Crippen LogP contribution in [0.2, 0.25) is 0 Å². The minimum Gasteiger partial charge on any atom is -0.507 e. The van der Waals surface area contributed by atoms with Gasteiger partial charge in [0.05, 0.1) is 6.61 Å². The molecule has 0 saturated carbocycles. The first-order valence-corrected chi connectivity index (χ1v) is 6.94. The maximum Gasteiger partial charge on any atom is 0.306 e. The van der Waals surface area contributed by atoms with Gasteiger partial charge in [-0.2, -0.15) is 0 Å². The highest BCUT2D eigenvalue weighted by atomic mass is 16.6. The van der Waals surface area contributed by atoms with Crippen LogP contribution in [0.3, 0.4) is 0 Å². The molecule has 3 N–H and O–H groups in total. The minimum absolute atomic E-state index is 0.0600. The number of aromatic hydroxyl groups is 1. The lowest BCUT2D eigenvalue weighted by molar-refractivity contribution is -0.157. The van der Waals surface area contributed by atoms with Crippen molar-refractivity contribution in [1.29, 1.82) is 0 Å². The fourth-order valence-corrected chi connectivity index (χ4v) is 2.94. The van der Waals surface area contributed by atoms with Crippen molar-refractivity contribution in [2.45, 2.75) is 44.2 Å². The topological polar surface area (TPSA) is 113 Å². The van der Waals surface area contributed by atoms with Crippen molar-refractivity contribution in [1.82, 2.24) is 0 Å². The first kappa shape index (κ1) is 14.8. The highest BCUT2D eigenvalue weighted by Gasteiger charge is 2.54. The number of esters is 1. The van der Waals surface area contributed by atoms with Gasteiger partial charge in [-0.1, -0.05) is 0 Å². The number of aliphatic hydroxyl groups is 2. The summed E-state index contributed by atoms with van der Waals surface area (Å²) in [4.78, 5) is 23.7. The quantitative estimate of drug-likeness (QED) is 0.673. The number of cyclic esters (lactones) is 1. The third-order valence-electron chi connectivity index (χ3n) is 4.21. The summed E-state index contributed by atoms with van der Waals surface area (Å²) in [6, 6.07) is 2.67. The number of phenolic OH excluding ortho intramolecular Hbond substituents is 1. The maximum absolute atomic E-state index is 12.4. The van der Waals surface area contributed by atoms with Crippen LogP contribution in [-0.4, -0.2) is 44.9 Å². The third kappa shape index (κ3) is 2.05. The molecule has 7 heteroatoms. The van der Waals surface area contributed by atoms with Crippen LogP contribution in [0.4, 0.5) is 0 Å². The van der Waals surface area contributed by atoms with E-state index >= 15 is 0 Å². The predicted molar refractivity (Wildman–Crippen MR) is 72.5 cm³/mol. The fraction of sp³-hybridized carbons (Fsp3) is 0.467. The van der Waals surface area contributed by atoms with Crippen LogP contribution in [0.15, 0.2) is 12.1 Å². The molecule has 22 heavy (non-hydrogen) atoms. The van der Waals surface area contributed by atoms with Gasteiger partial charge in [-0.25, -0.2) is 0 Å². The number of fused-ring (bicyclic) bond motifs is 1. The van der Waals surface area contributed by atoms with Gasteiger partial charge in [-0.3, -0.25) is 9.59 Å². The number of phenols is 1. The number of carbonyl (C=O) groups excluding carboxylic acids is 2. The Morgan fingerprint density at radius 2 is 2.09 bits per heavy atom. The van der Waals surface area contributed by atoms with Crippen LogP contribution >= 0.6 is 0 Å². The van der Waals surface area contributed by atoms with Crippen LogP contribution in [0.5, 0.6) is 11.5 Å². The van der Waals surface area contributed by atoms with Gasteiger partial charge in [0.15, 0.2) is 11.7 Å². The molecule has 1 saturated heterocycles. The number of carbonyl (C=O) groups is 2. The van der Waals surface area contributed by atoms with Gasteiger partial charge in [0.1, 0.15) is 23.2 Å². The maximum atomic E-state index is 12.4. The minimum atomic E-state index is -1.57. The Hall–Kier alpha value is -2.12. The van der Waals surface area contributed by atoms with E-state index in [2.05, 4.69) is 0 Å². The normalized spacial score (nSPS) is 30.7. The molecule has 0 bridgehead atoms. The molecule has 1 fully saturated rings. The predicted octanol–water partition coefficient (Wildman–Crippen LogP) is 0.285. The van der Waals surface area contributed by atoms with E-state index < -0.39 is 29.6 Å². The van der Waals surface area contributed by atoms with Crippen LogP contribution in [0, 0.1) is 0 Å². The number of benzene rings is 1. The number of rotatable bonds is 2. The van der Waals surface area contributed by atoms with Crippen LogP contribution < -0.4 is 4.74 Å². The summed E-state index contributed by atoms with van der Waals surface area (Å²) in [5, 5.41) is 29.4. The second kappa shape index (κ2) is 4.96. The zero-order valence-corrected chi connectivity index (χ0v) is 11.9. The highest BCUT2D eigenvalue weighted by molar-refractivity contribution is 6.06. The molecule has 0 spiro atoms. The average Bonchev–Trinajstić information content (AvgIpc) is 2.91. The van der Waals surface area contributed by atoms with Gasteiger partial charge in [0.2, 0.25) is 5.78 Å². The molecule has 1 unspecified atom stereocenters. The van der Waals surface area contributed by atoms with Crippen LogP contribution in [-0.2, 0) is 16.1 Å². The monoisotopic (exact) mass is 308 g/mol. The molecule has 7 nitrogen and oxygen atoms in total. The van der Waals surface area contributed by atoms with E-state index in [-0.39, 0.29) is 30.1 Å². The second-order valence-corrected chi connectivity index (χ2v) is 5.72. The lowest BCUT2D eigenvalue weighted by atomic mass is 9.82. The van der Waals surface area contributed by atoms with Crippen molar-refractivity contribution in [2.75, 3.05) is 0 Å². The van der Waals surface area contributed by atoms with E-state index in [0.717, 1.165) is 0 Å². The number of ketones is 1. The Morgan fingerprint density at radius 1 is 1.36 bits per heavy atom. The van der Waals surface area contributed by atoms with Crippen LogP contribution in [0.25, 0.3) is 0 Å². The SMILES string of the molecule is C[C@@]1(C2CCC(=O)O2)Oc2cc(CO)cc(O)c2C(=O)[C@H]1O. The molecule has 118 valence electrons. The van der Waals surface area contributed by atoms with E-state index in [9.17, 15) is 24.9 Å². The van der Waals surface area contributed by atoms with Gasteiger partial charge < -0.3 is 24.8 Å². The molecule has 1 aromatic rings. The molecular formula is C15H16O7. The van der Waals surface area contributed by atoms with Crippen molar-refractivity contribution >= 4 is 11.8 Å². The summed E-state index contributed by atoms with van der Waals surface area (Å²) in [6.07, 6.45) is -1.80. The number of ether oxygens (including phenoxy) is 2. The Kier molecular flexibility index (Phi) is 3.34. The molecule has 0 aliphatic carbocycles. The Bertz CT molecular complexity index is 654. The highest BCUT2D eigenvalue weighted by Crippen LogP contribution is 2.42. The zero-order valence-electron chi connectivity index (χ0n) is 11.9. The molecule has 0 amide bonds. The lowest BCUT2D eigenvalue weighted by Gasteiger charge is -2.41. The molecule has 2 aliphatic rings. The summed E-state index contributed by atoms with van der Waals surface area (Å²) < 4.78 is 10.9.